The zero-order chi connectivity index (χ0) is 14.9. The van der Waals surface area contributed by atoms with E-state index in [0.717, 1.165) is 13.0 Å². The molecule has 1 atom stereocenters. The van der Waals surface area contributed by atoms with Crippen LogP contribution in [-0.2, 0) is 4.74 Å². The van der Waals surface area contributed by atoms with Crippen LogP contribution in [0.15, 0.2) is 0 Å². The molecule has 0 aliphatic rings. The van der Waals surface area contributed by atoms with Crippen molar-refractivity contribution in [2.24, 2.45) is 0 Å². The first-order valence-electron chi connectivity index (χ1n) is 9.03. The summed E-state index contributed by atoms with van der Waals surface area (Å²) in [5, 5.41) is 8.81. The fourth-order valence-electron chi connectivity index (χ4n) is 2.46. The van der Waals surface area contributed by atoms with E-state index in [-0.39, 0.29) is 12.7 Å². The van der Waals surface area contributed by atoms with Crippen LogP contribution in [0.25, 0.3) is 0 Å². The first kappa shape index (κ1) is 19.9. The Morgan fingerprint density at radius 2 is 1.10 bits per heavy atom. The van der Waals surface area contributed by atoms with Crippen LogP contribution < -0.4 is 0 Å². The van der Waals surface area contributed by atoms with Crippen LogP contribution in [0.4, 0.5) is 0 Å². The predicted octanol–water partition coefficient (Wildman–Crippen LogP) is 5.48. The Kier molecular flexibility index (Phi) is 16.9. The van der Waals surface area contributed by atoms with Crippen LogP contribution >= 0.6 is 0 Å². The third kappa shape index (κ3) is 16.0. The molecule has 0 bridgehead atoms. The second kappa shape index (κ2) is 17.0. The number of ether oxygens (including phenoxy) is 1. The molecule has 1 unspecified atom stereocenters. The molecular weight excluding hydrogens is 248 g/mol. The lowest BCUT2D eigenvalue weighted by atomic mass is 10.0. The molecule has 0 aliphatic heterocycles. The fourth-order valence-corrected chi connectivity index (χ4v) is 2.46. The molecule has 0 radical (unpaired) electrons. The molecule has 20 heavy (non-hydrogen) atoms. The number of hydrogen-bond acceptors (Lipinski definition) is 2. The van der Waals surface area contributed by atoms with E-state index in [9.17, 15) is 0 Å². The van der Waals surface area contributed by atoms with Gasteiger partial charge in [0.1, 0.15) is 0 Å². The molecule has 2 heteroatoms. The number of aliphatic hydroxyl groups excluding tert-OH is 1. The molecule has 0 aromatic carbocycles. The normalized spacial score (nSPS) is 12.8. The zero-order valence-corrected chi connectivity index (χ0v) is 14.0. The van der Waals surface area contributed by atoms with Gasteiger partial charge in [-0.05, 0) is 13.3 Å². The second-order valence-corrected chi connectivity index (χ2v) is 6.11. The highest BCUT2D eigenvalue weighted by atomic mass is 16.5. The van der Waals surface area contributed by atoms with Gasteiger partial charge in [0.05, 0.1) is 12.7 Å². The van der Waals surface area contributed by atoms with Crippen molar-refractivity contribution in [3.8, 4) is 0 Å². The van der Waals surface area contributed by atoms with Gasteiger partial charge in [0, 0.05) is 6.61 Å². The van der Waals surface area contributed by atoms with Crippen LogP contribution in [-0.4, -0.2) is 24.4 Å². The summed E-state index contributed by atoms with van der Waals surface area (Å²) in [5.41, 5.74) is 0. The highest BCUT2D eigenvalue weighted by Gasteiger charge is 1.98. The number of rotatable bonds is 16. The van der Waals surface area contributed by atoms with Crippen molar-refractivity contribution in [1.29, 1.82) is 0 Å². The molecule has 122 valence electrons. The average Bonchev–Trinajstić information content (AvgIpc) is 2.47. The average molecular weight is 286 g/mol. The smallest absolute Gasteiger partial charge is 0.0777 e. The first-order chi connectivity index (χ1) is 9.81. The van der Waals surface area contributed by atoms with Crippen molar-refractivity contribution in [2.75, 3.05) is 13.2 Å². The SMILES string of the molecule is CCCCCCCCCCCCCCCOC(C)CO. The Morgan fingerprint density at radius 3 is 1.50 bits per heavy atom. The minimum Gasteiger partial charge on any atom is -0.394 e. The Labute approximate surface area is 127 Å². The Morgan fingerprint density at radius 1 is 0.700 bits per heavy atom. The monoisotopic (exact) mass is 286 g/mol. The summed E-state index contributed by atoms with van der Waals surface area (Å²) in [5.74, 6) is 0. The highest BCUT2D eigenvalue weighted by Crippen LogP contribution is 2.12. The third-order valence-electron chi connectivity index (χ3n) is 3.91. The molecule has 0 aromatic rings. The van der Waals surface area contributed by atoms with E-state index in [0.29, 0.717) is 0 Å². The molecular formula is C18H38O2. The topological polar surface area (TPSA) is 29.5 Å². The van der Waals surface area contributed by atoms with Gasteiger partial charge in [0.25, 0.3) is 0 Å². The third-order valence-corrected chi connectivity index (χ3v) is 3.91. The van der Waals surface area contributed by atoms with Crippen LogP contribution in [0.5, 0.6) is 0 Å². The predicted molar refractivity (Wildman–Crippen MR) is 88.2 cm³/mol. The van der Waals surface area contributed by atoms with Gasteiger partial charge in [-0.25, -0.2) is 0 Å². The maximum Gasteiger partial charge on any atom is 0.0777 e. The van der Waals surface area contributed by atoms with Gasteiger partial charge in [-0.1, -0.05) is 84.0 Å². The quantitative estimate of drug-likeness (QED) is 0.381. The summed E-state index contributed by atoms with van der Waals surface area (Å²) < 4.78 is 5.44. The van der Waals surface area contributed by atoms with E-state index in [2.05, 4.69) is 6.92 Å². The summed E-state index contributed by atoms with van der Waals surface area (Å²) in [6, 6.07) is 0. The van der Waals surface area contributed by atoms with Crippen molar-refractivity contribution >= 4 is 0 Å². The largest absolute Gasteiger partial charge is 0.394 e. The molecule has 0 rings (SSSR count). The van der Waals surface area contributed by atoms with E-state index in [1.165, 1.54) is 77.0 Å². The zero-order valence-electron chi connectivity index (χ0n) is 14.0. The summed E-state index contributed by atoms with van der Waals surface area (Å²) in [6.45, 7) is 5.14. The van der Waals surface area contributed by atoms with Gasteiger partial charge in [-0.15, -0.1) is 0 Å². The highest BCUT2D eigenvalue weighted by molar-refractivity contribution is 4.50. The van der Waals surface area contributed by atoms with Crippen molar-refractivity contribution in [3.05, 3.63) is 0 Å². The molecule has 0 aliphatic carbocycles. The maximum absolute atomic E-state index is 8.81. The van der Waals surface area contributed by atoms with Crippen LogP contribution in [0.3, 0.4) is 0 Å². The van der Waals surface area contributed by atoms with Crippen LogP contribution in [0, 0.1) is 0 Å². The number of aliphatic hydroxyl groups is 1. The molecule has 0 amide bonds. The van der Waals surface area contributed by atoms with Crippen molar-refractivity contribution in [1.82, 2.24) is 0 Å². The summed E-state index contributed by atoms with van der Waals surface area (Å²) in [7, 11) is 0. The molecule has 0 heterocycles. The van der Waals surface area contributed by atoms with Gasteiger partial charge in [-0.2, -0.15) is 0 Å². The maximum atomic E-state index is 8.81. The van der Waals surface area contributed by atoms with Gasteiger partial charge in [-0.3, -0.25) is 0 Å². The van der Waals surface area contributed by atoms with Gasteiger partial charge >= 0.3 is 0 Å². The number of hydrogen-bond donors (Lipinski definition) is 1. The van der Waals surface area contributed by atoms with E-state index >= 15 is 0 Å². The minimum absolute atomic E-state index is 0.00678. The lowest BCUT2D eigenvalue weighted by molar-refractivity contribution is 0.0231. The summed E-state index contributed by atoms with van der Waals surface area (Å²) in [6.07, 6.45) is 17.9. The first-order valence-corrected chi connectivity index (χ1v) is 9.03. The number of unbranched alkanes of at least 4 members (excludes halogenated alkanes) is 12. The van der Waals surface area contributed by atoms with Gasteiger partial charge < -0.3 is 9.84 Å². The summed E-state index contributed by atoms with van der Waals surface area (Å²) in [4.78, 5) is 0. The van der Waals surface area contributed by atoms with E-state index in [1.54, 1.807) is 0 Å². The Balaban J connectivity index is 2.96. The van der Waals surface area contributed by atoms with Crippen molar-refractivity contribution in [2.45, 2.75) is 103 Å². The fraction of sp³-hybridized carbons (Fsp3) is 1.00. The lowest BCUT2D eigenvalue weighted by Crippen LogP contribution is -2.13. The molecule has 0 saturated carbocycles. The summed E-state index contributed by atoms with van der Waals surface area (Å²) >= 11 is 0. The molecule has 0 fully saturated rings. The Bertz CT molecular complexity index is 171. The molecule has 1 N–H and O–H groups in total. The molecule has 0 saturated heterocycles. The van der Waals surface area contributed by atoms with E-state index in [4.69, 9.17) is 9.84 Å². The van der Waals surface area contributed by atoms with Crippen molar-refractivity contribution < 1.29 is 9.84 Å². The van der Waals surface area contributed by atoms with Crippen molar-refractivity contribution in [3.63, 3.8) is 0 Å². The minimum atomic E-state index is 0.00678. The Hall–Kier alpha value is -0.0800. The van der Waals surface area contributed by atoms with Gasteiger partial charge in [0.15, 0.2) is 0 Å². The molecule has 0 spiro atoms. The van der Waals surface area contributed by atoms with E-state index < -0.39 is 0 Å². The standard InChI is InChI=1S/C18H38O2/c1-3-4-5-6-7-8-9-10-11-12-13-14-15-16-20-18(2)17-19/h18-19H,3-17H2,1-2H3. The lowest BCUT2D eigenvalue weighted by Gasteiger charge is -2.09. The van der Waals surface area contributed by atoms with Gasteiger partial charge in [0.2, 0.25) is 0 Å². The van der Waals surface area contributed by atoms with Crippen LogP contribution in [0.2, 0.25) is 0 Å². The van der Waals surface area contributed by atoms with Crippen LogP contribution in [0.1, 0.15) is 97.3 Å². The second-order valence-electron chi connectivity index (χ2n) is 6.11. The molecule has 0 aromatic heterocycles. The molecule has 2 nitrogen and oxygen atoms in total. The van der Waals surface area contributed by atoms with E-state index in [1.807, 2.05) is 6.92 Å².